The smallest absolute Gasteiger partial charge is 0.336 e. The number of rotatable bonds is 5. The van der Waals surface area contributed by atoms with Gasteiger partial charge in [-0.3, -0.25) is 0 Å². The van der Waals surface area contributed by atoms with E-state index in [9.17, 15) is 4.79 Å². The molecule has 0 spiro atoms. The van der Waals surface area contributed by atoms with E-state index >= 15 is 0 Å². The number of tetrazole rings is 1. The van der Waals surface area contributed by atoms with Crippen LogP contribution in [0.3, 0.4) is 0 Å². The van der Waals surface area contributed by atoms with Gasteiger partial charge >= 0.3 is 5.63 Å². The Balaban J connectivity index is 1.62. The molecule has 136 valence electrons. The van der Waals surface area contributed by atoms with E-state index < -0.39 is 0 Å². The van der Waals surface area contributed by atoms with Crippen LogP contribution in [0.15, 0.2) is 67.4 Å². The van der Waals surface area contributed by atoms with E-state index in [1.165, 1.54) is 17.8 Å². The lowest BCUT2D eigenvalue weighted by Crippen LogP contribution is -2.01. The molecule has 2 aromatic carbocycles. The highest BCUT2D eigenvalue weighted by Crippen LogP contribution is 2.28. The molecular formula is C18H13BrN4O3S. The van der Waals surface area contributed by atoms with Crippen molar-refractivity contribution in [1.29, 1.82) is 0 Å². The Morgan fingerprint density at radius 2 is 2.00 bits per heavy atom. The second-order valence-electron chi connectivity index (χ2n) is 5.59. The maximum Gasteiger partial charge on any atom is 0.336 e. The van der Waals surface area contributed by atoms with Crippen LogP contribution in [-0.4, -0.2) is 27.3 Å². The molecule has 9 heteroatoms. The molecule has 4 rings (SSSR count). The maximum absolute atomic E-state index is 11.9. The van der Waals surface area contributed by atoms with Gasteiger partial charge in [0.05, 0.1) is 12.8 Å². The highest BCUT2D eigenvalue weighted by atomic mass is 79.9. The molecular weight excluding hydrogens is 432 g/mol. The fraction of sp³-hybridized carbons (Fsp3) is 0.111. The van der Waals surface area contributed by atoms with Gasteiger partial charge < -0.3 is 9.15 Å². The molecule has 27 heavy (non-hydrogen) atoms. The molecule has 0 unspecified atom stereocenters. The number of thioether (sulfide) groups is 1. The molecule has 4 aromatic rings. The van der Waals surface area contributed by atoms with Gasteiger partial charge in [-0.25, -0.2) is 4.79 Å². The second-order valence-corrected chi connectivity index (χ2v) is 7.45. The molecule has 0 aliphatic carbocycles. The van der Waals surface area contributed by atoms with Crippen LogP contribution in [0.2, 0.25) is 0 Å². The predicted octanol–water partition coefficient (Wildman–Crippen LogP) is 3.83. The minimum atomic E-state index is -0.383. The van der Waals surface area contributed by atoms with Crippen molar-refractivity contribution in [2.24, 2.45) is 0 Å². The summed E-state index contributed by atoms with van der Waals surface area (Å²) in [4.78, 5) is 11.9. The summed E-state index contributed by atoms with van der Waals surface area (Å²) in [5, 5.41) is 13.4. The van der Waals surface area contributed by atoms with Gasteiger partial charge in [0, 0.05) is 21.7 Å². The van der Waals surface area contributed by atoms with Crippen LogP contribution in [0.1, 0.15) is 5.56 Å². The van der Waals surface area contributed by atoms with Gasteiger partial charge in [0.1, 0.15) is 11.3 Å². The van der Waals surface area contributed by atoms with Gasteiger partial charge in [0.2, 0.25) is 5.16 Å². The average molecular weight is 445 g/mol. The molecule has 0 aliphatic rings. The lowest BCUT2D eigenvalue weighted by atomic mass is 10.1. The zero-order valence-electron chi connectivity index (χ0n) is 14.1. The van der Waals surface area contributed by atoms with E-state index in [0.717, 1.165) is 26.9 Å². The van der Waals surface area contributed by atoms with Crippen molar-refractivity contribution in [3.05, 3.63) is 69.0 Å². The van der Waals surface area contributed by atoms with E-state index in [4.69, 9.17) is 9.15 Å². The summed E-state index contributed by atoms with van der Waals surface area (Å²) in [7, 11) is 1.62. The van der Waals surface area contributed by atoms with E-state index in [1.807, 2.05) is 36.4 Å². The van der Waals surface area contributed by atoms with Gasteiger partial charge in [-0.1, -0.05) is 27.7 Å². The van der Waals surface area contributed by atoms with E-state index in [1.54, 1.807) is 17.9 Å². The number of benzene rings is 2. The van der Waals surface area contributed by atoms with Gasteiger partial charge in [-0.15, -0.1) is 5.10 Å². The van der Waals surface area contributed by atoms with Crippen LogP contribution in [0.5, 0.6) is 5.75 Å². The molecule has 0 atom stereocenters. The van der Waals surface area contributed by atoms with Crippen LogP contribution in [0, 0.1) is 0 Å². The Morgan fingerprint density at radius 1 is 1.19 bits per heavy atom. The van der Waals surface area contributed by atoms with Crippen molar-refractivity contribution >= 4 is 38.7 Å². The largest absolute Gasteiger partial charge is 0.497 e. The Labute approximate surface area is 166 Å². The molecule has 0 bridgehead atoms. The Morgan fingerprint density at radius 3 is 2.78 bits per heavy atom. The first-order valence-corrected chi connectivity index (χ1v) is 9.70. The zero-order valence-corrected chi connectivity index (χ0v) is 16.5. The van der Waals surface area contributed by atoms with Gasteiger partial charge in [0.15, 0.2) is 0 Å². The Hall–Kier alpha value is -2.65. The summed E-state index contributed by atoms with van der Waals surface area (Å²) in [6.45, 7) is 0. The van der Waals surface area contributed by atoms with Crippen LogP contribution in [-0.2, 0) is 5.75 Å². The third-order valence-corrected chi connectivity index (χ3v) is 5.37. The van der Waals surface area contributed by atoms with Crippen LogP contribution in [0.25, 0.3) is 16.7 Å². The maximum atomic E-state index is 11.9. The molecule has 2 heterocycles. The molecule has 0 amide bonds. The van der Waals surface area contributed by atoms with Crippen molar-refractivity contribution in [2.45, 2.75) is 10.9 Å². The van der Waals surface area contributed by atoms with Crippen molar-refractivity contribution in [3.8, 4) is 11.4 Å². The predicted molar refractivity (Wildman–Crippen MR) is 105 cm³/mol. The van der Waals surface area contributed by atoms with E-state index in [0.29, 0.717) is 16.5 Å². The number of aromatic nitrogens is 4. The van der Waals surface area contributed by atoms with Crippen molar-refractivity contribution in [1.82, 2.24) is 20.2 Å². The SMILES string of the molecule is COc1ccc(-n2nnnc2SCc2cc(=O)oc3cc(Br)ccc23)cc1. The molecule has 7 nitrogen and oxygen atoms in total. The monoisotopic (exact) mass is 444 g/mol. The quantitative estimate of drug-likeness (QED) is 0.341. The first-order valence-electron chi connectivity index (χ1n) is 7.92. The summed E-state index contributed by atoms with van der Waals surface area (Å²) < 4.78 is 13.0. The number of hydrogen-bond donors (Lipinski definition) is 0. The zero-order chi connectivity index (χ0) is 18.8. The van der Waals surface area contributed by atoms with Gasteiger partial charge in [0.25, 0.3) is 0 Å². The number of nitrogens with zero attached hydrogens (tertiary/aromatic N) is 4. The number of ether oxygens (including phenoxy) is 1. The number of methoxy groups -OCH3 is 1. The lowest BCUT2D eigenvalue weighted by Gasteiger charge is -2.07. The summed E-state index contributed by atoms with van der Waals surface area (Å²) in [5.41, 5.74) is 1.85. The van der Waals surface area contributed by atoms with Gasteiger partial charge in [-0.05, 0) is 58.5 Å². The minimum absolute atomic E-state index is 0.383. The summed E-state index contributed by atoms with van der Waals surface area (Å²) in [5.74, 6) is 1.29. The standard InChI is InChI=1S/C18H13BrN4O3S/c1-25-14-5-3-13(4-6-14)23-18(20-21-22-23)27-10-11-8-17(24)26-16-9-12(19)2-7-15(11)16/h2-9H,10H2,1H3. The van der Waals surface area contributed by atoms with Crippen LogP contribution in [0.4, 0.5) is 0 Å². The summed E-state index contributed by atoms with van der Waals surface area (Å²) in [6.07, 6.45) is 0. The fourth-order valence-corrected chi connectivity index (χ4v) is 3.84. The first kappa shape index (κ1) is 17.7. The first-order chi connectivity index (χ1) is 13.1. The van der Waals surface area contributed by atoms with Crippen molar-refractivity contribution < 1.29 is 9.15 Å². The lowest BCUT2D eigenvalue weighted by molar-refractivity contribution is 0.414. The number of hydrogen-bond acceptors (Lipinski definition) is 7. The highest BCUT2D eigenvalue weighted by molar-refractivity contribution is 9.10. The fourth-order valence-electron chi connectivity index (χ4n) is 2.62. The normalized spacial score (nSPS) is 11.0. The van der Waals surface area contributed by atoms with Crippen LogP contribution >= 0.6 is 27.7 Å². The van der Waals surface area contributed by atoms with Crippen molar-refractivity contribution in [2.75, 3.05) is 7.11 Å². The third kappa shape index (κ3) is 3.74. The molecule has 0 fully saturated rings. The highest BCUT2D eigenvalue weighted by Gasteiger charge is 2.12. The molecule has 0 N–H and O–H groups in total. The average Bonchev–Trinajstić information content (AvgIpc) is 3.14. The van der Waals surface area contributed by atoms with Crippen molar-refractivity contribution in [3.63, 3.8) is 0 Å². The molecule has 0 aliphatic heterocycles. The third-order valence-electron chi connectivity index (χ3n) is 3.91. The summed E-state index contributed by atoms with van der Waals surface area (Å²) >= 11 is 4.83. The second kappa shape index (κ2) is 7.53. The molecule has 2 aromatic heterocycles. The summed E-state index contributed by atoms with van der Waals surface area (Å²) in [6, 6.07) is 14.6. The Bertz CT molecular complexity index is 1160. The van der Waals surface area contributed by atoms with Gasteiger partial charge in [-0.2, -0.15) is 4.68 Å². The Kier molecular flexibility index (Phi) is 4.95. The number of fused-ring (bicyclic) bond motifs is 1. The van der Waals surface area contributed by atoms with Crippen LogP contribution < -0.4 is 10.4 Å². The topological polar surface area (TPSA) is 83.0 Å². The van der Waals surface area contributed by atoms with E-state index in [-0.39, 0.29) is 5.63 Å². The molecule has 0 saturated heterocycles. The minimum Gasteiger partial charge on any atom is -0.497 e. The number of halogens is 1. The van der Waals surface area contributed by atoms with E-state index in [2.05, 4.69) is 31.5 Å². The molecule has 0 radical (unpaired) electrons. The molecule has 0 saturated carbocycles.